The van der Waals surface area contributed by atoms with Crippen LogP contribution in [0.25, 0.3) is 0 Å². The lowest BCUT2D eigenvalue weighted by molar-refractivity contribution is 0.481. The monoisotopic (exact) mass is 520 g/mol. The Hall–Kier alpha value is -2.76. The Morgan fingerprint density at radius 1 is 0.800 bits per heavy atom. The molecule has 0 aromatic heterocycles. The second-order valence-corrected chi connectivity index (χ2v) is 11.0. The van der Waals surface area contributed by atoms with E-state index in [4.69, 9.17) is 14.8 Å². The molecule has 0 bridgehead atoms. The molecule has 1 aliphatic heterocycles. The maximum absolute atomic E-state index is 10.5. The zero-order valence-electron chi connectivity index (χ0n) is 19.8. The number of para-hydroxylation sites is 1. The Morgan fingerprint density at radius 3 is 1.69 bits per heavy atom. The Bertz CT molecular complexity index is 1220. The average Bonchev–Trinajstić information content (AvgIpc) is 3.21. The van der Waals surface area contributed by atoms with Crippen LogP contribution in [0.4, 0.5) is 5.69 Å². The molecule has 5 N–H and O–H groups in total. The minimum atomic E-state index is -4.02. The first-order chi connectivity index (χ1) is 16.4. The quantitative estimate of drug-likeness (QED) is 0.362. The SMILES string of the molecule is Cc1ccc(S(=O)(=O)O)cc1.Cc1ccc(S(=O)(=O)O)cc1.NCCCC1CNc2ccccc21. The van der Waals surface area contributed by atoms with Crippen molar-refractivity contribution >= 4 is 25.9 Å². The molecule has 3 aromatic carbocycles. The molecule has 10 heteroatoms. The van der Waals surface area contributed by atoms with Crippen molar-refractivity contribution in [1.82, 2.24) is 0 Å². The summed E-state index contributed by atoms with van der Waals surface area (Å²) in [5, 5.41) is 3.42. The van der Waals surface area contributed by atoms with Gasteiger partial charge in [-0.3, -0.25) is 9.11 Å². The lowest BCUT2D eigenvalue weighted by Crippen LogP contribution is -2.05. The first-order valence-electron chi connectivity index (χ1n) is 11.0. The van der Waals surface area contributed by atoms with E-state index in [0.717, 1.165) is 30.6 Å². The van der Waals surface area contributed by atoms with Gasteiger partial charge >= 0.3 is 0 Å². The van der Waals surface area contributed by atoms with Crippen LogP contribution in [-0.2, 0) is 20.2 Å². The fourth-order valence-electron chi connectivity index (χ4n) is 3.40. The van der Waals surface area contributed by atoms with Gasteiger partial charge in [-0.25, -0.2) is 0 Å². The van der Waals surface area contributed by atoms with E-state index in [-0.39, 0.29) is 9.79 Å². The Balaban J connectivity index is 0.000000186. The van der Waals surface area contributed by atoms with Crippen LogP contribution in [0.3, 0.4) is 0 Å². The second-order valence-electron chi connectivity index (χ2n) is 8.17. The first-order valence-corrected chi connectivity index (χ1v) is 13.9. The van der Waals surface area contributed by atoms with E-state index in [1.54, 1.807) is 24.3 Å². The van der Waals surface area contributed by atoms with Crippen LogP contribution in [0.1, 0.15) is 35.4 Å². The molecule has 0 saturated heterocycles. The van der Waals surface area contributed by atoms with E-state index < -0.39 is 20.2 Å². The second kappa shape index (κ2) is 12.8. The molecule has 1 unspecified atom stereocenters. The van der Waals surface area contributed by atoms with Gasteiger partial charge in [0.1, 0.15) is 0 Å². The normalized spacial score (nSPS) is 14.5. The molecule has 35 heavy (non-hydrogen) atoms. The van der Waals surface area contributed by atoms with Gasteiger partial charge in [0.15, 0.2) is 0 Å². The summed E-state index contributed by atoms with van der Waals surface area (Å²) in [5.41, 5.74) is 10.2. The molecule has 0 radical (unpaired) electrons. The van der Waals surface area contributed by atoms with Crippen molar-refractivity contribution in [3.63, 3.8) is 0 Å². The number of hydrogen-bond acceptors (Lipinski definition) is 6. The van der Waals surface area contributed by atoms with Crippen molar-refractivity contribution < 1.29 is 25.9 Å². The van der Waals surface area contributed by atoms with E-state index in [1.807, 2.05) is 13.8 Å². The topological polar surface area (TPSA) is 147 Å². The van der Waals surface area contributed by atoms with Crippen LogP contribution in [0.5, 0.6) is 0 Å². The molecule has 8 nitrogen and oxygen atoms in total. The van der Waals surface area contributed by atoms with Gasteiger partial charge in [0.05, 0.1) is 9.79 Å². The highest BCUT2D eigenvalue weighted by Crippen LogP contribution is 2.33. The third-order valence-corrected chi connectivity index (χ3v) is 7.07. The van der Waals surface area contributed by atoms with E-state index in [0.29, 0.717) is 5.92 Å². The summed E-state index contributed by atoms with van der Waals surface area (Å²) < 4.78 is 59.1. The fraction of sp³-hybridized carbons (Fsp3) is 0.280. The van der Waals surface area contributed by atoms with Gasteiger partial charge in [0, 0.05) is 18.2 Å². The summed E-state index contributed by atoms with van der Waals surface area (Å²) in [6, 6.07) is 20.5. The number of anilines is 1. The smallest absolute Gasteiger partial charge is 0.294 e. The summed E-state index contributed by atoms with van der Waals surface area (Å²) in [7, 11) is -8.04. The van der Waals surface area contributed by atoms with E-state index in [2.05, 4.69) is 29.6 Å². The van der Waals surface area contributed by atoms with Gasteiger partial charge < -0.3 is 11.1 Å². The van der Waals surface area contributed by atoms with Gasteiger partial charge in [-0.15, -0.1) is 0 Å². The van der Waals surface area contributed by atoms with Crippen LogP contribution in [0.15, 0.2) is 82.6 Å². The highest BCUT2D eigenvalue weighted by molar-refractivity contribution is 7.86. The number of aryl methyl sites for hydroxylation is 2. The van der Waals surface area contributed by atoms with E-state index in [9.17, 15) is 16.8 Å². The van der Waals surface area contributed by atoms with Crippen LogP contribution in [0, 0.1) is 13.8 Å². The number of benzene rings is 3. The molecule has 1 heterocycles. The van der Waals surface area contributed by atoms with Gasteiger partial charge in [0.2, 0.25) is 0 Å². The van der Waals surface area contributed by atoms with Crippen molar-refractivity contribution in [2.75, 3.05) is 18.4 Å². The maximum Gasteiger partial charge on any atom is 0.294 e. The first kappa shape index (κ1) is 28.5. The number of fused-ring (bicyclic) bond motifs is 1. The lowest BCUT2D eigenvalue weighted by atomic mass is 9.96. The Morgan fingerprint density at radius 2 is 1.26 bits per heavy atom. The van der Waals surface area contributed by atoms with E-state index in [1.165, 1.54) is 41.9 Å². The Kier molecular flexibility index (Phi) is 10.4. The van der Waals surface area contributed by atoms with Crippen LogP contribution >= 0.6 is 0 Å². The third-order valence-electron chi connectivity index (χ3n) is 5.33. The number of hydrogen-bond donors (Lipinski definition) is 4. The summed E-state index contributed by atoms with van der Waals surface area (Å²) in [6.07, 6.45) is 2.33. The van der Waals surface area contributed by atoms with Gasteiger partial charge in [0.25, 0.3) is 20.2 Å². The van der Waals surface area contributed by atoms with Gasteiger partial charge in [-0.05, 0) is 69.1 Å². The van der Waals surface area contributed by atoms with Crippen molar-refractivity contribution in [1.29, 1.82) is 0 Å². The minimum absolute atomic E-state index is 0.0666. The molecule has 0 saturated carbocycles. The van der Waals surface area contributed by atoms with Crippen LogP contribution in [-0.4, -0.2) is 39.0 Å². The van der Waals surface area contributed by atoms with Gasteiger partial charge in [-0.1, -0.05) is 53.6 Å². The highest BCUT2D eigenvalue weighted by Gasteiger charge is 2.20. The number of nitrogens with one attached hydrogen (secondary N) is 1. The van der Waals surface area contributed by atoms with Crippen LogP contribution in [0.2, 0.25) is 0 Å². The molecule has 0 spiro atoms. The maximum atomic E-state index is 10.5. The molecule has 0 amide bonds. The summed E-state index contributed by atoms with van der Waals surface area (Å²) >= 11 is 0. The van der Waals surface area contributed by atoms with Gasteiger partial charge in [-0.2, -0.15) is 16.8 Å². The lowest BCUT2D eigenvalue weighted by Gasteiger charge is -2.08. The third kappa shape index (κ3) is 9.42. The van der Waals surface area contributed by atoms with Crippen molar-refractivity contribution in [3.8, 4) is 0 Å². The standard InChI is InChI=1S/C11H16N2.2C7H8O3S/c12-7-3-4-9-8-13-11-6-2-1-5-10(9)11;2*1-6-2-4-7(5-3-6)11(8,9)10/h1-2,5-6,9,13H,3-4,7-8,12H2;2*2-5H,1H3,(H,8,9,10). The highest BCUT2D eigenvalue weighted by atomic mass is 32.2. The zero-order valence-corrected chi connectivity index (χ0v) is 21.4. The van der Waals surface area contributed by atoms with Crippen molar-refractivity contribution in [3.05, 3.63) is 89.5 Å². The summed E-state index contributed by atoms with van der Waals surface area (Å²) in [5.74, 6) is 0.680. The molecule has 1 aliphatic rings. The molecule has 1 atom stereocenters. The van der Waals surface area contributed by atoms with Crippen molar-refractivity contribution in [2.24, 2.45) is 5.73 Å². The van der Waals surface area contributed by atoms with E-state index >= 15 is 0 Å². The molecule has 0 aliphatic carbocycles. The molecule has 0 fully saturated rings. The fourth-order valence-corrected chi connectivity index (χ4v) is 4.36. The summed E-state index contributed by atoms with van der Waals surface area (Å²) in [6.45, 7) is 5.57. The molecule has 3 aromatic rings. The number of rotatable bonds is 5. The predicted octanol–water partition coefficient (Wildman–Crippen LogP) is 4.42. The molecular formula is C25H32N2O6S2. The van der Waals surface area contributed by atoms with Crippen LogP contribution < -0.4 is 11.1 Å². The zero-order chi connectivity index (χ0) is 26.1. The Labute approximate surface area is 207 Å². The largest absolute Gasteiger partial charge is 0.384 e. The average molecular weight is 521 g/mol. The minimum Gasteiger partial charge on any atom is -0.384 e. The van der Waals surface area contributed by atoms with Crippen molar-refractivity contribution in [2.45, 2.75) is 42.4 Å². The molecular weight excluding hydrogens is 488 g/mol. The molecule has 4 rings (SSSR count). The predicted molar refractivity (Wildman–Crippen MR) is 138 cm³/mol. The summed E-state index contributed by atoms with van der Waals surface area (Å²) in [4.78, 5) is -0.133. The molecule has 190 valence electrons. The number of nitrogens with two attached hydrogens (primary N) is 1.